The molecule has 0 aliphatic rings. The van der Waals surface area contributed by atoms with Crippen molar-refractivity contribution in [2.75, 3.05) is 0 Å². The molecule has 1 aromatic carbocycles. The van der Waals surface area contributed by atoms with Crippen LogP contribution in [0.2, 0.25) is 0 Å². The van der Waals surface area contributed by atoms with Gasteiger partial charge in [0.2, 0.25) is 0 Å². The molecule has 0 N–H and O–H groups in total. The molecule has 0 aliphatic carbocycles. The van der Waals surface area contributed by atoms with Gasteiger partial charge >= 0.3 is 0 Å². The number of hydrogen-bond donors (Lipinski definition) is 0. The summed E-state index contributed by atoms with van der Waals surface area (Å²) in [6.07, 6.45) is 6.75. The zero-order valence-electron chi connectivity index (χ0n) is 15.4. The highest BCUT2D eigenvalue weighted by molar-refractivity contribution is 7.14. The summed E-state index contributed by atoms with van der Waals surface area (Å²) >= 11 is 1.47. The minimum Gasteiger partial charge on any atom is -0.288 e. The minimum absolute atomic E-state index is 0.0392. The lowest BCUT2D eigenvalue weighted by atomic mass is 9.98. The second kappa shape index (κ2) is 7.30. The van der Waals surface area contributed by atoms with Crippen molar-refractivity contribution in [3.63, 3.8) is 0 Å². The Hall–Kier alpha value is -2.66. The molecule has 2 heterocycles. The highest BCUT2D eigenvalue weighted by Crippen LogP contribution is 2.29. The summed E-state index contributed by atoms with van der Waals surface area (Å²) in [7, 11) is 0. The second-order valence-corrected chi connectivity index (χ2v) is 8.09. The molecule has 0 fully saturated rings. The molecular weight excluding hydrogens is 342 g/mol. The monoisotopic (exact) mass is 363 g/mol. The summed E-state index contributed by atoms with van der Waals surface area (Å²) in [4.78, 5) is 26.5. The predicted molar refractivity (Wildman–Crippen MR) is 106 cm³/mol. The van der Waals surface area contributed by atoms with Gasteiger partial charge in [-0.25, -0.2) is 15.0 Å². The summed E-state index contributed by atoms with van der Waals surface area (Å²) in [6.45, 7) is 8.17. The van der Waals surface area contributed by atoms with Crippen molar-refractivity contribution in [2.24, 2.45) is 0 Å². The first-order valence-electron chi connectivity index (χ1n) is 8.42. The van der Waals surface area contributed by atoms with Gasteiger partial charge in [0.1, 0.15) is 0 Å². The van der Waals surface area contributed by atoms with Crippen LogP contribution in [0.3, 0.4) is 0 Å². The van der Waals surface area contributed by atoms with Crippen LogP contribution in [0.25, 0.3) is 17.5 Å². The van der Waals surface area contributed by atoms with E-state index in [2.05, 4.69) is 35.7 Å². The zero-order chi connectivity index (χ0) is 18.7. The molecule has 0 spiro atoms. The van der Waals surface area contributed by atoms with Crippen LogP contribution in [0.5, 0.6) is 0 Å². The van der Waals surface area contributed by atoms with Gasteiger partial charge in [-0.05, 0) is 19.1 Å². The summed E-state index contributed by atoms with van der Waals surface area (Å²) in [5.41, 5.74) is 2.48. The lowest BCUT2D eigenvalue weighted by Gasteiger charge is -2.13. The fraction of sp³-hybridized carbons (Fsp3) is 0.238. The van der Waals surface area contributed by atoms with E-state index >= 15 is 0 Å². The molecule has 3 rings (SSSR count). The van der Waals surface area contributed by atoms with Crippen LogP contribution in [0.4, 0.5) is 0 Å². The molecule has 0 amide bonds. The van der Waals surface area contributed by atoms with Gasteiger partial charge in [-0.15, -0.1) is 11.3 Å². The maximum Gasteiger partial charge on any atom is 0.197 e. The Morgan fingerprint density at radius 1 is 1.08 bits per heavy atom. The number of hydrogen-bond acceptors (Lipinski definition) is 5. The molecule has 0 atom stereocenters. The number of nitrogens with zero attached hydrogens (tertiary/aromatic N) is 3. The topological polar surface area (TPSA) is 55.7 Å². The lowest BCUT2D eigenvalue weighted by molar-refractivity contribution is 0.105. The fourth-order valence-electron chi connectivity index (χ4n) is 2.35. The third-order valence-electron chi connectivity index (χ3n) is 3.79. The quantitative estimate of drug-likeness (QED) is 0.478. The first-order chi connectivity index (χ1) is 12.3. The molecule has 3 aromatic rings. The molecule has 0 aliphatic heterocycles. The molecule has 0 saturated heterocycles. The third kappa shape index (κ3) is 4.11. The van der Waals surface area contributed by atoms with Crippen molar-refractivity contribution in [2.45, 2.75) is 33.1 Å². The Morgan fingerprint density at radius 3 is 2.31 bits per heavy atom. The van der Waals surface area contributed by atoms with E-state index in [0.717, 1.165) is 21.8 Å². The maximum atomic E-state index is 12.5. The van der Waals surface area contributed by atoms with Gasteiger partial charge in [0.05, 0.1) is 15.6 Å². The van der Waals surface area contributed by atoms with Gasteiger partial charge in [0.15, 0.2) is 11.6 Å². The molecule has 5 heteroatoms. The second-order valence-electron chi connectivity index (χ2n) is 7.09. The SMILES string of the molecule is Cc1nc(C(C)(C)C)sc1C(=O)/C=C/c1cnc(-c2ccccc2)nc1. The largest absolute Gasteiger partial charge is 0.288 e. The van der Waals surface area contributed by atoms with Crippen molar-refractivity contribution < 1.29 is 4.79 Å². The van der Waals surface area contributed by atoms with E-state index in [4.69, 9.17) is 0 Å². The number of ketones is 1. The van der Waals surface area contributed by atoms with Crippen LogP contribution in [-0.2, 0) is 5.41 Å². The summed E-state index contributed by atoms with van der Waals surface area (Å²) < 4.78 is 0. The van der Waals surface area contributed by atoms with E-state index < -0.39 is 0 Å². The molecule has 0 unspecified atom stereocenters. The van der Waals surface area contributed by atoms with Crippen molar-refractivity contribution in [1.29, 1.82) is 0 Å². The predicted octanol–water partition coefficient (Wildman–Crippen LogP) is 5.10. The van der Waals surface area contributed by atoms with Gasteiger partial charge in [0.25, 0.3) is 0 Å². The molecule has 26 heavy (non-hydrogen) atoms. The van der Waals surface area contributed by atoms with Crippen molar-refractivity contribution >= 4 is 23.2 Å². The smallest absolute Gasteiger partial charge is 0.197 e. The summed E-state index contributed by atoms with van der Waals surface area (Å²) in [6, 6.07) is 9.79. The van der Waals surface area contributed by atoms with Crippen molar-refractivity contribution in [1.82, 2.24) is 15.0 Å². The van der Waals surface area contributed by atoms with E-state index in [-0.39, 0.29) is 11.2 Å². The van der Waals surface area contributed by atoms with Crippen LogP contribution in [0, 0.1) is 6.92 Å². The number of aryl methyl sites for hydroxylation is 1. The van der Waals surface area contributed by atoms with Crippen LogP contribution >= 0.6 is 11.3 Å². The first-order valence-corrected chi connectivity index (χ1v) is 9.24. The summed E-state index contributed by atoms with van der Waals surface area (Å²) in [5, 5.41) is 0.974. The Bertz CT molecular complexity index is 936. The minimum atomic E-state index is -0.0568. The zero-order valence-corrected chi connectivity index (χ0v) is 16.2. The fourth-order valence-corrected chi connectivity index (χ4v) is 3.40. The Balaban J connectivity index is 1.76. The molecule has 132 valence electrons. The molecule has 0 radical (unpaired) electrons. The van der Waals surface area contributed by atoms with Gasteiger partial charge < -0.3 is 0 Å². The van der Waals surface area contributed by atoms with Gasteiger partial charge in [-0.2, -0.15) is 0 Å². The molecule has 2 aromatic heterocycles. The first kappa shape index (κ1) is 18.1. The number of rotatable bonds is 4. The Labute approximate surface area is 157 Å². The standard InChI is InChI=1S/C21H21N3OS/c1-14-18(26-20(24-14)21(2,3)4)17(25)11-10-15-12-22-19(23-13-15)16-8-6-5-7-9-16/h5-13H,1-4H3/b11-10+. The van der Waals surface area contributed by atoms with Crippen LogP contribution in [-0.4, -0.2) is 20.7 Å². The van der Waals surface area contributed by atoms with E-state index in [9.17, 15) is 4.79 Å². The number of allylic oxidation sites excluding steroid dienone is 1. The Kier molecular flexibility index (Phi) is 5.09. The number of benzene rings is 1. The third-order valence-corrected chi connectivity index (χ3v) is 5.39. The summed E-state index contributed by atoms with van der Waals surface area (Å²) in [5.74, 6) is 0.629. The van der Waals surface area contributed by atoms with Crippen LogP contribution < -0.4 is 0 Å². The van der Waals surface area contributed by atoms with E-state index in [0.29, 0.717) is 10.7 Å². The molecule has 4 nitrogen and oxygen atoms in total. The average molecular weight is 363 g/mol. The van der Waals surface area contributed by atoms with Crippen LogP contribution in [0.1, 0.15) is 46.7 Å². The average Bonchev–Trinajstić information content (AvgIpc) is 3.03. The Morgan fingerprint density at radius 2 is 1.73 bits per heavy atom. The number of aromatic nitrogens is 3. The van der Waals surface area contributed by atoms with Gasteiger partial charge in [0, 0.05) is 28.9 Å². The maximum absolute atomic E-state index is 12.5. The number of carbonyl (C=O) groups excluding carboxylic acids is 1. The van der Waals surface area contributed by atoms with E-state index in [1.54, 1.807) is 24.5 Å². The molecule has 0 bridgehead atoms. The number of carbonyl (C=O) groups is 1. The highest BCUT2D eigenvalue weighted by Gasteiger charge is 2.22. The van der Waals surface area contributed by atoms with Gasteiger partial charge in [-0.1, -0.05) is 51.1 Å². The van der Waals surface area contributed by atoms with Crippen molar-refractivity contribution in [3.8, 4) is 11.4 Å². The molecule has 0 saturated carbocycles. The lowest BCUT2D eigenvalue weighted by Crippen LogP contribution is -2.10. The van der Waals surface area contributed by atoms with E-state index in [1.807, 2.05) is 37.3 Å². The highest BCUT2D eigenvalue weighted by atomic mass is 32.1. The van der Waals surface area contributed by atoms with Crippen molar-refractivity contribution in [3.05, 3.63) is 69.9 Å². The van der Waals surface area contributed by atoms with Crippen LogP contribution in [0.15, 0.2) is 48.8 Å². The van der Waals surface area contributed by atoms with Gasteiger partial charge in [-0.3, -0.25) is 4.79 Å². The number of thiazole rings is 1. The van der Waals surface area contributed by atoms with E-state index in [1.165, 1.54) is 11.3 Å². The molecular formula is C21H21N3OS. The normalized spacial score (nSPS) is 11.8.